The summed E-state index contributed by atoms with van der Waals surface area (Å²) in [6.07, 6.45) is 5.25. The molecule has 0 aromatic rings. The predicted octanol–water partition coefficient (Wildman–Crippen LogP) is 1.04. The van der Waals surface area contributed by atoms with Crippen LogP contribution in [0.1, 0.15) is 32.1 Å². The summed E-state index contributed by atoms with van der Waals surface area (Å²) in [5.41, 5.74) is 0. The van der Waals surface area contributed by atoms with Crippen molar-refractivity contribution in [1.29, 1.82) is 0 Å². The molecule has 1 aliphatic heterocycles. The zero-order chi connectivity index (χ0) is 12.0. The fraction of sp³-hybridized carbons (Fsp3) is 0.833. The van der Waals surface area contributed by atoms with Gasteiger partial charge in [-0.1, -0.05) is 0 Å². The second-order valence-electron chi connectivity index (χ2n) is 5.59. The molecule has 5 nitrogen and oxygen atoms in total. The molecule has 2 amide bonds. The van der Waals surface area contributed by atoms with Gasteiger partial charge in [0.15, 0.2) is 0 Å². The molecule has 2 bridgehead atoms. The Balaban J connectivity index is 1.60. The molecule has 0 aromatic carbocycles. The summed E-state index contributed by atoms with van der Waals surface area (Å²) in [7, 11) is 0. The van der Waals surface area contributed by atoms with Gasteiger partial charge in [-0.3, -0.25) is 0 Å². The Bertz CT molecular complexity index is 354. The van der Waals surface area contributed by atoms with Crippen molar-refractivity contribution in [3.63, 3.8) is 0 Å². The van der Waals surface area contributed by atoms with Gasteiger partial charge in [-0.05, 0) is 43.9 Å². The van der Waals surface area contributed by atoms with E-state index in [-0.39, 0.29) is 11.9 Å². The maximum atomic E-state index is 12.0. The van der Waals surface area contributed by atoms with E-state index >= 15 is 0 Å². The molecule has 3 unspecified atom stereocenters. The zero-order valence-corrected chi connectivity index (χ0v) is 9.76. The molecule has 1 saturated heterocycles. The van der Waals surface area contributed by atoms with E-state index in [1.807, 2.05) is 4.90 Å². The summed E-state index contributed by atoms with van der Waals surface area (Å²) in [5, 5.41) is 11.8. The molecule has 17 heavy (non-hydrogen) atoms. The van der Waals surface area contributed by atoms with E-state index < -0.39 is 12.0 Å². The quantitative estimate of drug-likeness (QED) is 0.772. The number of likely N-dealkylation sites (tertiary alicyclic amines) is 1. The van der Waals surface area contributed by atoms with Crippen molar-refractivity contribution in [2.75, 3.05) is 6.54 Å². The highest BCUT2D eigenvalue weighted by Gasteiger charge is 2.43. The van der Waals surface area contributed by atoms with Crippen molar-refractivity contribution in [2.24, 2.45) is 11.8 Å². The van der Waals surface area contributed by atoms with Crippen molar-refractivity contribution in [3.8, 4) is 0 Å². The van der Waals surface area contributed by atoms with Gasteiger partial charge in [-0.25, -0.2) is 9.59 Å². The highest BCUT2D eigenvalue weighted by molar-refractivity contribution is 5.83. The molecule has 0 spiro atoms. The molecule has 94 valence electrons. The smallest absolute Gasteiger partial charge is 0.326 e. The maximum Gasteiger partial charge on any atom is 0.326 e. The van der Waals surface area contributed by atoms with Crippen LogP contribution in [-0.4, -0.2) is 40.6 Å². The minimum absolute atomic E-state index is 0.149. The summed E-state index contributed by atoms with van der Waals surface area (Å²) < 4.78 is 0. The van der Waals surface area contributed by atoms with Crippen LogP contribution < -0.4 is 5.32 Å². The molecule has 3 aliphatic rings. The molecule has 3 rings (SSSR count). The van der Waals surface area contributed by atoms with Crippen molar-refractivity contribution < 1.29 is 14.7 Å². The van der Waals surface area contributed by atoms with Gasteiger partial charge in [0.25, 0.3) is 0 Å². The van der Waals surface area contributed by atoms with Gasteiger partial charge in [0.05, 0.1) is 0 Å². The average molecular weight is 238 g/mol. The van der Waals surface area contributed by atoms with Crippen molar-refractivity contribution >= 4 is 12.0 Å². The van der Waals surface area contributed by atoms with E-state index in [0.717, 1.165) is 32.2 Å². The highest BCUT2D eigenvalue weighted by atomic mass is 16.4. The fourth-order valence-electron chi connectivity index (χ4n) is 3.20. The number of fused-ring (bicyclic) bond motifs is 2. The van der Waals surface area contributed by atoms with Gasteiger partial charge in [0, 0.05) is 12.6 Å². The first kappa shape index (κ1) is 10.9. The van der Waals surface area contributed by atoms with Crippen molar-refractivity contribution in [1.82, 2.24) is 10.2 Å². The standard InChI is InChI=1S/C12H18N2O3/c15-11(16)10(8-2-3-8)13-12(17)14-6-7-1-4-9(14)5-7/h7-10H,1-6H2,(H,13,17)(H,15,16). The number of carbonyl (C=O) groups is 2. The third-order valence-electron chi connectivity index (χ3n) is 4.31. The van der Waals surface area contributed by atoms with Crippen molar-refractivity contribution in [2.45, 2.75) is 44.2 Å². The van der Waals surface area contributed by atoms with Crippen LogP contribution >= 0.6 is 0 Å². The maximum absolute atomic E-state index is 12.0. The lowest BCUT2D eigenvalue weighted by Gasteiger charge is -2.28. The van der Waals surface area contributed by atoms with Crippen LogP contribution in [0.2, 0.25) is 0 Å². The van der Waals surface area contributed by atoms with Crippen LogP contribution in [0.15, 0.2) is 0 Å². The number of urea groups is 1. The van der Waals surface area contributed by atoms with E-state index in [2.05, 4.69) is 5.32 Å². The summed E-state index contributed by atoms with van der Waals surface area (Å²) in [4.78, 5) is 24.9. The van der Waals surface area contributed by atoms with E-state index in [9.17, 15) is 9.59 Å². The Morgan fingerprint density at radius 2 is 2.00 bits per heavy atom. The highest BCUT2D eigenvalue weighted by Crippen LogP contribution is 2.38. The molecule has 2 saturated carbocycles. The van der Waals surface area contributed by atoms with Gasteiger partial charge in [-0.2, -0.15) is 0 Å². The van der Waals surface area contributed by atoms with E-state index in [1.54, 1.807) is 0 Å². The molecule has 1 heterocycles. The number of rotatable bonds is 3. The number of nitrogens with zero attached hydrogens (tertiary/aromatic N) is 1. The van der Waals surface area contributed by atoms with Crippen LogP contribution in [0.5, 0.6) is 0 Å². The Kier molecular flexibility index (Phi) is 2.49. The Morgan fingerprint density at radius 3 is 2.47 bits per heavy atom. The van der Waals surface area contributed by atoms with Gasteiger partial charge in [0.2, 0.25) is 0 Å². The number of aliphatic carboxylic acids is 1. The van der Waals surface area contributed by atoms with E-state index in [4.69, 9.17) is 5.11 Å². The van der Waals surface area contributed by atoms with Crippen LogP contribution in [0.25, 0.3) is 0 Å². The number of carboxylic acid groups (broad SMARTS) is 1. The number of piperidine rings is 1. The number of hydrogen-bond donors (Lipinski definition) is 2. The Hall–Kier alpha value is -1.26. The monoisotopic (exact) mass is 238 g/mol. The van der Waals surface area contributed by atoms with Gasteiger partial charge < -0.3 is 15.3 Å². The lowest BCUT2D eigenvalue weighted by atomic mass is 10.1. The number of nitrogens with one attached hydrogen (secondary N) is 1. The Morgan fingerprint density at radius 1 is 1.24 bits per heavy atom. The molecule has 3 fully saturated rings. The normalized spacial score (nSPS) is 32.6. The van der Waals surface area contributed by atoms with Gasteiger partial charge in [0.1, 0.15) is 6.04 Å². The lowest BCUT2D eigenvalue weighted by Crippen LogP contribution is -2.51. The fourth-order valence-corrected chi connectivity index (χ4v) is 3.20. The molecule has 3 atom stereocenters. The van der Waals surface area contributed by atoms with E-state index in [1.165, 1.54) is 6.42 Å². The third kappa shape index (κ3) is 1.98. The first-order valence-electron chi connectivity index (χ1n) is 6.45. The summed E-state index contributed by atoms with van der Waals surface area (Å²) in [6.45, 7) is 0.813. The van der Waals surface area contributed by atoms with Crippen LogP contribution in [-0.2, 0) is 4.79 Å². The second kappa shape index (κ2) is 3.89. The van der Waals surface area contributed by atoms with Gasteiger partial charge >= 0.3 is 12.0 Å². The Labute approximate surface area is 100 Å². The predicted molar refractivity (Wildman–Crippen MR) is 60.5 cm³/mol. The first-order valence-corrected chi connectivity index (χ1v) is 6.45. The molecule has 2 aliphatic carbocycles. The number of hydrogen-bond acceptors (Lipinski definition) is 2. The number of carboxylic acids is 1. The molecular formula is C12H18N2O3. The molecule has 0 radical (unpaired) electrons. The largest absolute Gasteiger partial charge is 0.480 e. The van der Waals surface area contributed by atoms with E-state index in [0.29, 0.717) is 12.0 Å². The second-order valence-corrected chi connectivity index (χ2v) is 5.59. The molecule has 5 heteroatoms. The third-order valence-corrected chi connectivity index (χ3v) is 4.31. The van der Waals surface area contributed by atoms with Crippen molar-refractivity contribution in [3.05, 3.63) is 0 Å². The summed E-state index contributed by atoms with van der Waals surface area (Å²) in [6, 6.07) is -0.494. The molecular weight excluding hydrogens is 220 g/mol. The minimum Gasteiger partial charge on any atom is -0.480 e. The molecule has 0 aromatic heterocycles. The SMILES string of the molecule is O=C(O)C(NC(=O)N1CC2CCC1C2)C1CC1. The molecule has 2 N–H and O–H groups in total. The van der Waals surface area contributed by atoms with Crippen LogP contribution in [0.3, 0.4) is 0 Å². The van der Waals surface area contributed by atoms with Crippen LogP contribution in [0, 0.1) is 11.8 Å². The number of amides is 2. The lowest BCUT2D eigenvalue weighted by molar-refractivity contribution is -0.139. The zero-order valence-electron chi connectivity index (χ0n) is 9.76. The summed E-state index contributed by atoms with van der Waals surface area (Å²) in [5.74, 6) is -0.101. The summed E-state index contributed by atoms with van der Waals surface area (Å²) >= 11 is 0. The first-order chi connectivity index (χ1) is 8.15. The van der Waals surface area contributed by atoms with Crippen LogP contribution in [0.4, 0.5) is 4.79 Å². The van der Waals surface area contributed by atoms with Gasteiger partial charge in [-0.15, -0.1) is 0 Å². The topological polar surface area (TPSA) is 69.6 Å². The average Bonchev–Trinajstić information content (AvgIpc) is 2.90. The number of carbonyl (C=O) groups excluding carboxylic acids is 1. The minimum atomic E-state index is -0.898.